The third-order valence-electron chi connectivity index (χ3n) is 4.08. The van der Waals surface area contributed by atoms with Crippen LogP contribution in [0.2, 0.25) is 0 Å². The van der Waals surface area contributed by atoms with Crippen LogP contribution in [0.4, 0.5) is 5.82 Å². The van der Waals surface area contributed by atoms with E-state index in [0.29, 0.717) is 19.7 Å². The summed E-state index contributed by atoms with van der Waals surface area (Å²) in [5, 5.41) is 0. The number of amides is 1. The highest BCUT2D eigenvalue weighted by Crippen LogP contribution is 2.26. The number of aromatic nitrogens is 2. The minimum Gasteiger partial charge on any atom is -0.378 e. The van der Waals surface area contributed by atoms with Gasteiger partial charge in [-0.15, -0.1) is 0 Å². The fraction of sp³-hybridized carbons (Fsp3) is 0.667. The molecule has 0 N–H and O–H groups in total. The van der Waals surface area contributed by atoms with Crippen LogP contribution >= 0.6 is 0 Å². The fourth-order valence-corrected chi connectivity index (χ4v) is 2.88. The maximum Gasteiger partial charge on any atom is 0.248 e. The molecule has 0 bridgehead atoms. The van der Waals surface area contributed by atoms with Gasteiger partial charge in [0.15, 0.2) is 0 Å². The SMILES string of the molecule is CCOCC(=O)N1CCc2c(ncnc2N2CCOCC2)C1. The van der Waals surface area contributed by atoms with Crippen molar-refractivity contribution in [3.8, 4) is 0 Å². The first-order valence-corrected chi connectivity index (χ1v) is 7.80. The van der Waals surface area contributed by atoms with E-state index in [1.54, 1.807) is 6.33 Å². The lowest BCUT2D eigenvalue weighted by Crippen LogP contribution is -2.41. The van der Waals surface area contributed by atoms with Crippen molar-refractivity contribution in [1.82, 2.24) is 14.9 Å². The summed E-state index contributed by atoms with van der Waals surface area (Å²) in [6.45, 7) is 7.01. The summed E-state index contributed by atoms with van der Waals surface area (Å²) in [6.07, 6.45) is 2.39. The summed E-state index contributed by atoms with van der Waals surface area (Å²) in [4.78, 5) is 25.0. The number of ether oxygens (including phenoxy) is 2. The van der Waals surface area contributed by atoms with Crippen LogP contribution in [0.5, 0.6) is 0 Å². The number of rotatable bonds is 4. The lowest BCUT2D eigenvalue weighted by Gasteiger charge is -2.33. The van der Waals surface area contributed by atoms with Gasteiger partial charge in [-0.05, 0) is 13.3 Å². The van der Waals surface area contributed by atoms with Gasteiger partial charge < -0.3 is 19.3 Å². The zero-order valence-electron chi connectivity index (χ0n) is 13.0. The standard InChI is InChI=1S/C15H22N4O3/c1-2-21-10-14(20)19-4-3-12-13(9-19)16-11-17-15(12)18-5-7-22-8-6-18/h11H,2-10H2,1H3. The van der Waals surface area contributed by atoms with Crippen LogP contribution in [0, 0.1) is 0 Å². The maximum absolute atomic E-state index is 12.1. The molecule has 0 aliphatic carbocycles. The molecule has 7 heteroatoms. The summed E-state index contributed by atoms with van der Waals surface area (Å²) in [5.74, 6) is 1.03. The molecule has 3 rings (SSSR count). The summed E-state index contributed by atoms with van der Waals surface area (Å²) in [7, 11) is 0. The van der Waals surface area contributed by atoms with Crippen molar-refractivity contribution in [2.24, 2.45) is 0 Å². The molecule has 1 aromatic rings. The van der Waals surface area contributed by atoms with Gasteiger partial charge in [0.05, 0.1) is 25.5 Å². The van der Waals surface area contributed by atoms with E-state index in [-0.39, 0.29) is 12.5 Å². The normalized spacial score (nSPS) is 18.2. The van der Waals surface area contributed by atoms with E-state index in [9.17, 15) is 4.79 Å². The van der Waals surface area contributed by atoms with Crippen molar-refractivity contribution in [2.45, 2.75) is 19.9 Å². The van der Waals surface area contributed by atoms with E-state index < -0.39 is 0 Å². The molecule has 0 unspecified atom stereocenters. The number of fused-ring (bicyclic) bond motifs is 1. The van der Waals surface area contributed by atoms with Crippen LogP contribution < -0.4 is 4.90 Å². The molecule has 3 heterocycles. The first-order valence-electron chi connectivity index (χ1n) is 7.80. The third-order valence-corrected chi connectivity index (χ3v) is 4.08. The molecule has 1 aromatic heterocycles. The van der Waals surface area contributed by atoms with Gasteiger partial charge in [0.1, 0.15) is 18.8 Å². The number of carbonyl (C=O) groups excluding carboxylic acids is 1. The van der Waals surface area contributed by atoms with Crippen LogP contribution in [0.15, 0.2) is 6.33 Å². The fourth-order valence-electron chi connectivity index (χ4n) is 2.88. The summed E-state index contributed by atoms with van der Waals surface area (Å²) >= 11 is 0. The molecule has 0 radical (unpaired) electrons. The minimum atomic E-state index is 0.0269. The quantitative estimate of drug-likeness (QED) is 0.793. The van der Waals surface area contributed by atoms with Crippen LogP contribution in [0.3, 0.4) is 0 Å². The number of hydrogen-bond acceptors (Lipinski definition) is 6. The zero-order chi connectivity index (χ0) is 15.4. The monoisotopic (exact) mass is 306 g/mol. The van der Waals surface area contributed by atoms with Gasteiger partial charge in [-0.2, -0.15) is 0 Å². The Morgan fingerprint density at radius 2 is 2.14 bits per heavy atom. The second-order valence-electron chi connectivity index (χ2n) is 5.42. The Morgan fingerprint density at radius 3 is 2.91 bits per heavy atom. The van der Waals surface area contributed by atoms with E-state index in [1.165, 1.54) is 5.56 Å². The van der Waals surface area contributed by atoms with E-state index >= 15 is 0 Å². The Morgan fingerprint density at radius 1 is 1.32 bits per heavy atom. The molecular weight excluding hydrogens is 284 g/mol. The van der Waals surface area contributed by atoms with Gasteiger partial charge in [-0.25, -0.2) is 9.97 Å². The molecule has 120 valence electrons. The molecule has 0 aromatic carbocycles. The van der Waals surface area contributed by atoms with Crippen molar-refractivity contribution >= 4 is 11.7 Å². The van der Waals surface area contributed by atoms with E-state index in [2.05, 4.69) is 14.9 Å². The largest absolute Gasteiger partial charge is 0.378 e. The van der Waals surface area contributed by atoms with Crippen LogP contribution in [0.25, 0.3) is 0 Å². The number of anilines is 1. The lowest BCUT2D eigenvalue weighted by molar-refractivity contribution is -0.137. The first-order chi connectivity index (χ1) is 10.8. The predicted octanol–water partition coefficient (Wildman–Crippen LogP) is 0.234. The topological polar surface area (TPSA) is 67.8 Å². The van der Waals surface area contributed by atoms with Gasteiger partial charge >= 0.3 is 0 Å². The van der Waals surface area contributed by atoms with Crippen molar-refractivity contribution in [2.75, 3.05) is 51.0 Å². The summed E-state index contributed by atoms with van der Waals surface area (Å²) in [5.41, 5.74) is 2.12. The Balaban J connectivity index is 1.74. The van der Waals surface area contributed by atoms with Gasteiger partial charge in [0.2, 0.25) is 5.91 Å². The molecule has 0 spiro atoms. The zero-order valence-corrected chi connectivity index (χ0v) is 13.0. The second kappa shape index (κ2) is 7.02. The molecule has 0 saturated carbocycles. The van der Waals surface area contributed by atoms with Crippen LogP contribution in [-0.4, -0.2) is 66.8 Å². The predicted molar refractivity (Wildman–Crippen MR) is 80.7 cm³/mol. The summed E-state index contributed by atoms with van der Waals surface area (Å²) in [6, 6.07) is 0. The molecule has 2 aliphatic rings. The smallest absolute Gasteiger partial charge is 0.248 e. The third kappa shape index (κ3) is 3.20. The number of morpholine rings is 1. The highest BCUT2D eigenvalue weighted by atomic mass is 16.5. The molecule has 1 fully saturated rings. The molecular formula is C15H22N4O3. The molecule has 7 nitrogen and oxygen atoms in total. The van der Waals surface area contributed by atoms with Crippen LogP contribution in [-0.2, 0) is 27.2 Å². The second-order valence-corrected chi connectivity index (χ2v) is 5.42. The Bertz CT molecular complexity index is 532. The average Bonchev–Trinajstić information content (AvgIpc) is 2.59. The Labute approximate surface area is 130 Å². The van der Waals surface area contributed by atoms with Crippen molar-refractivity contribution in [1.29, 1.82) is 0 Å². The summed E-state index contributed by atoms with van der Waals surface area (Å²) < 4.78 is 10.6. The van der Waals surface area contributed by atoms with E-state index in [0.717, 1.165) is 44.2 Å². The Kier molecular flexibility index (Phi) is 4.84. The number of nitrogens with zero attached hydrogens (tertiary/aromatic N) is 4. The molecule has 0 atom stereocenters. The number of carbonyl (C=O) groups is 1. The molecule has 1 amide bonds. The maximum atomic E-state index is 12.1. The van der Waals surface area contributed by atoms with E-state index in [1.807, 2.05) is 11.8 Å². The van der Waals surface area contributed by atoms with Crippen molar-refractivity contribution in [3.63, 3.8) is 0 Å². The molecule has 22 heavy (non-hydrogen) atoms. The Hall–Kier alpha value is -1.73. The molecule has 1 saturated heterocycles. The van der Waals surface area contributed by atoms with Crippen molar-refractivity contribution in [3.05, 3.63) is 17.6 Å². The van der Waals surface area contributed by atoms with Gasteiger partial charge in [0, 0.05) is 31.8 Å². The highest BCUT2D eigenvalue weighted by Gasteiger charge is 2.26. The minimum absolute atomic E-state index is 0.0269. The van der Waals surface area contributed by atoms with Gasteiger partial charge in [0.25, 0.3) is 0 Å². The molecule has 2 aliphatic heterocycles. The van der Waals surface area contributed by atoms with Crippen molar-refractivity contribution < 1.29 is 14.3 Å². The lowest BCUT2D eigenvalue weighted by atomic mass is 10.0. The van der Waals surface area contributed by atoms with Gasteiger partial charge in [-0.1, -0.05) is 0 Å². The highest BCUT2D eigenvalue weighted by molar-refractivity contribution is 5.77. The van der Waals surface area contributed by atoms with Gasteiger partial charge in [-0.3, -0.25) is 4.79 Å². The number of hydrogen-bond donors (Lipinski definition) is 0. The van der Waals surface area contributed by atoms with Crippen LogP contribution in [0.1, 0.15) is 18.2 Å². The average molecular weight is 306 g/mol. The van der Waals surface area contributed by atoms with E-state index in [4.69, 9.17) is 9.47 Å². The first kappa shape index (κ1) is 15.2.